The number of rotatable bonds is 7. The molecule has 0 unspecified atom stereocenters. The topological polar surface area (TPSA) is 91.3 Å². The summed E-state index contributed by atoms with van der Waals surface area (Å²) in [5, 5.41) is 12.1. The van der Waals surface area contributed by atoms with E-state index in [0.717, 1.165) is 18.3 Å². The van der Waals surface area contributed by atoms with Gasteiger partial charge >= 0.3 is 0 Å². The molecule has 0 amide bonds. The van der Waals surface area contributed by atoms with Crippen LogP contribution in [-0.2, 0) is 10.0 Å². The van der Waals surface area contributed by atoms with Crippen molar-refractivity contribution in [3.05, 3.63) is 48.2 Å². The van der Waals surface area contributed by atoms with Crippen LogP contribution in [-0.4, -0.2) is 31.2 Å². The molecule has 1 atom stereocenters. The Kier molecular flexibility index (Phi) is 5.68. The van der Waals surface area contributed by atoms with Crippen LogP contribution in [0.5, 0.6) is 0 Å². The van der Waals surface area contributed by atoms with Crippen LogP contribution in [0.15, 0.2) is 41.4 Å². The lowest BCUT2D eigenvalue weighted by Crippen LogP contribution is -2.23. The van der Waals surface area contributed by atoms with Crippen LogP contribution in [0.25, 0.3) is 0 Å². The molecular weight excluding hydrogens is 340 g/mol. The van der Waals surface area contributed by atoms with Crippen LogP contribution >= 0.6 is 0 Å². The van der Waals surface area contributed by atoms with Gasteiger partial charge in [0.15, 0.2) is 0 Å². The number of hydrogen-bond donors (Lipinski definition) is 3. The minimum absolute atomic E-state index is 0.0785. The van der Waals surface area contributed by atoms with Crippen LogP contribution in [0.2, 0.25) is 0 Å². The molecule has 2 rings (SSSR count). The van der Waals surface area contributed by atoms with E-state index >= 15 is 0 Å². The lowest BCUT2D eigenvalue weighted by Gasteiger charge is -2.15. The smallest absolute Gasteiger partial charge is 0.263 e. The molecule has 0 spiro atoms. The Morgan fingerprint density at radius 2 is 1.88 bits per heavy atom. The number of aromatic nitrogens is 1. The molecule has 130 valence electrons. The van der Waals surface area contributed by atoms with Crippen molar-refractivity contribution >= 4 is 21.5 Å². The maximum atomic E-state index is 13.1. The Bertz CT molecular complexity index is 774. The molecule has 0 saturated heterocycles. The van der Waals surface area contributed by atoms with E-state index in [4.69, 9.17) is 5.11 Å². The molecule has 0 fully saturated rings. The molecule has 0 aliphatic rings. The third-order valence-electron chi connectivity index (χ3n) is 3.23. The molecule has 0 bridgehead atoms. The number of hydrogen-bond acceptors (Lipinski definition) is 5. The van der Waals surface area contributed by atoms with Gasteiger partial charge in [0.2, 0.25) is 0 Å². The van der Waals surface area contributed by atoms with E-state index in [2.05, 4.69) is 15.0 Å². The third-order valence-corrected chi connectivity index (χ3v) is 4.59. The standard InChI is InChI=1S/C15H17F2N3O3S/c1-2-12(9-21)19-15-4-3-14(8-18-15)24(22,23)20-13-6-10(16)5-11(17)7-13/h3-8,12,20-21H,2,9H2,1H3,(H,18,19)/t12-/m0/s1. The maximum absolute atomic E-state index is 13.1. The van der Waals surface area contributed by atoms with E-state index in [-0.39, 0.29) is 23.2 Å². The van der Waals surface area contributed by atoms with Crippen LogP contribution in [0.1, 0.15) is 13.3 Å². The van der Waals surface area contributed by atoms with Crippen molar-refractivity contribution in [2.45, 2.75) is 24.3 Å². The van der Waals surface area contributed by atoms with Gasteiger partial charge < -0.3 is 10.4 Å². The molecule has 1 aromatic carbocycles. The zero-order chi connectivity index (χ0) is 17.7. The SMILES string of the molecule is CC[C@@H](CO)Nc1ccc(S(=O)(=O)Nc2cc(F)cc(F)c2)cn1. The van der Waals surface area contributed by atoms with Gasteiger partial charge in [-0.2, -0.15) is 0 Å². The molecule has 0 aliphatic heterocycles. The van der Waals surface area contributed by atoms with Crippen molar-refractivity contribution < 1.29 is 22.3 Å². The first-order valence-electron chi connectivity index (χ1n) is 7.16. The molecule has 9 heteroatoms. The summed E-state index contributed by atoms with van der Waals surface area (Å²) < 4.78 is 52.8. The first-order chi connectivity index (χ1) is 11.3. The fourth-order valence-electron chi connectivity index (χ4n) is 1.94. The van der Waals surface area contributed by atoms with E-state index in [1.807, 2.05) is 6.92 Å². The lowest BCUT2D eigenvalue weighted by atomic mass is 10.2. The summed E-state index contributed by atoms with van der Waals surface area (Å²) in [7, 11) is -4.03. The highest BCUT2D eigenvalue weighted by atomic mass is 32.2. The highest BCUT2D eigenvalue weighted by Gasteiger charge is 2.16. The average molecular weight is 357 g/mol. The monoisotopic (exact) mass is 357 g/mol. The highest BCUT2D eigenvalue weighted by Crippen LogP contribution is 2.19. The molecular formula is C15H17F2N3O3S. The third kappa shape index (κ3) is 4.62. The molecule has 1 heterocycles. The van der Waals surface area contributed by atoms with Gasteiger partial charge in [0.05, 0.1) is 18.3 Å². The van der Waals surface area contributed by atoms with Crippen LogP contribution in [0, 0.1) is 11.6 Å². The summed E-state index contributed by atoms with van der Waals surface area (Å²) in [6, 6.07) is 4.95. The molecule has 0 saturated carbocycles. The molecule has 3 N–H and O–H groups in total. The van der Waals surface area contributed by atoms with Crippen molar-refractivity contribution in [2.75, 3.05) is 16.6 Å². The second-order valence-corrected chi connectivity index (χ2v) is 6.76. The van der Waals surface area contributed by atoms with Crippen molar-refractivity contribution in [3.63, 3.8) is 0 Å². The lowest BCUT2D eigenvalue weighted by molar-refractivity contribution is 0.271. The second kappa shape index (κ2) is 7.54. The quantitative estimate of drug-likeness (QED) is 0.707. The minimum Gasteiger partial charge on any atom is -0.394 e. The molecule has 24 heavy (non-hydrogen) atoms. The summed E-state index contributed by atoms with van der Waals surface area (Å²) in [6.45, 7) is 1.81. The number of nitrogens with zero attached hydrogens (tertiary/aromatic N) is 1. The summed E-state index contributed by atoms with van der Waals surface area (Å²) in [5.41, 5.74) is -0.221. The number of benzene rings is 1. The highest BCUT2D eigenvalue weighted by molar-refractivity contribution is 7.92. The number of nitrogens with one attached hydrogen (secondary N) is 2. The van der Waals surface area contributed by atoms with Crippen LogP contribution in [0.3, 0.4) is 0 Å². The number of aliphatic hydroxyl groups is 1. The van der Waals surface area contributed by atoms with Gasteiger partial charge in [0.25, 0.3) is 10.0 Å². The minimum atomic E-state index is -4.03. The first-order valence-corrected chi connectivity index (χ1v) is 8.64. The summed E-state index contributed by atoms with van der Waals surface area (Å²) in [5.74, 6) is -1.37. The maximum Gasteiger partial charge on any atom is 0.263 e. The van der Waals surface area contributed by atoms with Gasteiger partial charge in [-0.25, -0.2) is 22.2 Å². The fraction of sp³-hybridized carbons (Fsp3) is 0.267. The number of halogens is 2. The van der Waals surface area contributed by atoms with Gasteiger partial charge in [0.1, 0.15) is 22.3 Å². The van der Waals surface area contributed by atoms with Crippen LogP contribution < -0.4 is 10.0 Å². The van der Waals surface area contributed by atoms with Gasteiger partial charge in [-0.3, -0.25) is 4.72 Å². The average Bonchev–Trinajstić information content (AvgIpc) is 2.51. The van der Waals surface area contributed by atoms with Gasteiger partial charge in [0, 0.05) is 12.3 Å². The summed E-state index contributed by atoms with van der Waals surface area (Å²) in [6.07, 6.45) is 1.79. The van der Waals surface area contributed by atoms with E-state index in [9.17, 15) is 17.2 Å². The number of aliphatic hydroxyl groups excluding tert-OH is 1. The Hall–Kier alpha value is -2.26. The Labute approximate surface area is 138 Å². The molecule has 6 nitrogen and oxygen atoms in total. The Morgan fingerprint density at radius 1 is 1.21 bits per heavy atom. The summed E-state index contributed by atoms with van der Waals surface area (Å²) in [4.78, 5) is 3.81. The zero-order valence-electron chi connectivity index (χ0n) is 12.8. The van der Waals surface area contributed by atoms with E-state index in [1.54, 1.807) is 0 Å². The molecule has 0 aliphatic carbocycles. The van der Waals surface area contributed by atoms with E-state index in [1.165, 1.54) is 12.1 Å². The number of anilines is 2. The van der Waals surface area contributed by atoms with Crippen molar-refractivity contribution in [2.24, 2.45) is 0 Å². The van der Waals surface area contributed by atoms with E-state index < -0.39 is 21.7 Å². The summed E-state index contributed by atoms with van der Waals surface area (Å²) >= 11 is 0. The zero-order valence-corrected chi connectivity index (χ0v) is 13.6. The normalized spacial score (nSPS) is 12.7. The molecule has 0 radical (unpaired) electrons. The largest absolute Gasteiger partial charge is 0.394 e. The fourth-order valence-corrected chi connectivity index (χ4v) is 2.92. The second-order valence-electron chi connectivity index (χ2n) is 5.07. The van der Waals surface area contributed by atoms with Crippen molar-refractivity contribution in [1.82, 2.24) is 4.98 Å². The van der Waals surface area contributed by atoms with Crippen molar-refractivity contribution in [1.29, 1.82) is 0 Å². The number of pyridine rings is 1. The van der Waals surface area contributed by atoms with Crippen LogP contribution in [0.4, 0.5) is 20.3 Å². The van der Waals surface area contributed by atoms with Gasteiger partial charge in [-0.15, -0.1) is 0 Å². The predicted molar refractivity (Wildman–Crippen MR) is 86.2 cm³/mol. The molecule has 1 aromatic heterocycles. The number of sulfonamides is 1. The molecule has 2 aromatic rings. The van der Waals surface area contributed by atoms with Gasteiger partial charge in [-0.1, -0.05) is 6.92 Å². The first kappa shape index (κ1) is 18.1. The van der Waals surface area contributed by atoms with Crippen molar-refractivity contribution in [3.8, 4) is 0 Å². The van der Waals surface area contributed by atoms with Gasteiger partial charge in [-0.05, 0) is 30.7 Å². The van der Waals surface area contributed by atoms with E-state index in [0.29, 0.717) is 18.3 Å². The Balaban J connectivity index is 2.17. The predicted octanol–water partition coefficient (Wildman–Crippen LogP) is 2.34. The Morgan fingerprint density at radius 3 is 2.38 bits per heavy atom.